The lowest BCUT2D eigenvalue weighted by atomic mass is 10.0. The van der Waals surface area contributed by atoms with E-state index in [0.29, 0.717) is 12.0 Å². The first kappa shape index (κ1) is 14.7. The van der Waals surface area contributed by atoms with E-state index in [-0.39, 0.29) is 6.04 Å². The second kappa shape index (κ2) is 6.66. The molecule has 0 aliphatic carbocycles. The van der Waals surface area contributed by atoms with Crippen molar-refractivity contribution in [1.29, 1.82) is 0 Å². The van der Waals surface area contributed by atoms with E-state index in [9.17, 15) is 8.78 Å². The molecule has 108 valence electrons. The molecule has 0 saturated heterocycles. The van der Waals surface area contributed by atoms with Gasteiger partial charge in [-0.2, -0.15) is 0 Å². The van der Waals surface area contributed by atoms with Crippen LogP contribution in [0.3, 0.4) is 0 Å². The Balaban J connectivity index is 2.20. The zero-order valence-electron chi connectivity index (χ0n) is 11.7. The second-order valence-electron chi connectivity index (χ2n) is 4.75. The first-order chi connectivity index (χ1) is 9.62. The monoisotopic (exact) mass is 279 g/mol. The zero-order chi connectivity index (χ0) is 14.5. The Bertz CT molecular complexity index is 545. The van der Waals surface area contributed by atoms with E-state index in [1.807, 2.05) is 26.0 Å². The normalized spacial score (nSPS) is 12.6. The number of hydrogen-bond donors (Lipinski definition) is 1. The summed E-state index contributed by atoms with van der Waals surface area (Å²) >= 11 is 0. The van der Waals surface area contributed by atoms with Crippen LogP contribution in [-0.4, -0.2) is 6.54 Å². The molecule has 2 aromatic rings. The molecule has 0 saturated carbocycles. The van der Waals surface area contributed by atoms with Crippen molar-refractivity contribution >= 4 is 0 Å². The van der Waals surface area contributed by atoms with Gasteiger partial charge in [0.15, 0.2) is 0 Å². The van der Waals surface area contributed by atoms with Crippen molar-refractivity contribution in [2.24, 2.45) is 0 Å². The largest absolute Gasteiger partial charge is 0.464 e. The highest BCUT2D eigenvalue weighted by Crippen LogP contribution is 2.22. The fourth-order valence-electron chi connectivity index (χ4n) is 2.26. The fourth-order valence-corrected chi connectivity index (χ4v) is 2.26. The molecule has 20 heavy (non-hydrogen) atoms. The molecule has 0 spiro atoms. The van der Waals surface area contributed by atoms with Gasteiger partial charge in [-0.25, -0.2) is 8.78 Å². The summed E-state index contributed by atoms with van der Waals surface area (Å²) in [4.78, 5) is 0. The summed E-state index contributed by atoms with van der Waals surface area (Å²) in [5, 5.41) is 3.29. The van der Waals surface area contributed by atoms with Gasteiger partial charge in [0.25, 0.3) is 0 Å². The maximum atomic E-state index is 13.2. The predicted molar refractivity (Wildman–Crippen MR) is 74.6 cm³/mol. The Morgan fingerprint density at radius 3 is 2.35 bits per heavy atom. The van der Waals surface area contributed by atoms with E-state index in [4.69, 9.17) is 4.42 Å². The lowest BCUT2D eigenvalue weighted by Crippen LogP contribution is -2.22. The number of likely N-dealkylation sites (N-methyl/N-ethyl adjacent to an activating group) is 1. The van der Waals surface area contributed by atoms with Crippen LogP contribution in [0.5, 0.6) is 0 Å². The van der Waals surface area contributed by atoms with Crippen molar-refractivity contribution in [1.82, 2.24) is 5.32 Å². The summed E-state index contributed by atoms with van der Waals surface area (Å²) in [6, 6.07) is 7.37. The van der Waals surface area contributed by atoms with Crippen molar-refractivity contribution in [2.45, 2.75) is 32.7 Å². The van der Waals surface area contributed by atoms with Crippen LogP contribution in [0.25, 0.3) is 0 Å². The van der Waals surface area contributed by atoms with Gasteiger partial charge in [0.1, 0.15) is 23.2 Å². The van der Waals surface area contributed by atoms with Crippen molar-refractivity contribution in [2.75, 3.05) is 6.54 Å². The van der Waals surface area contributed by atoms with E-state index in [1.165, 1.54) is 12.1 Å². The fraction of sp³-hybridized carbons (Fsp3) is 0.375. The van der Waals surface area contributed by atoms with Crippen LogP contribution in [0.1, 0.15) is 37.0 Å². The van der Waals surface area contributed by atoms with Gasteiger partial charge in [-0.15, -0.1) is 0 Å². The maximum absolute atomic E-state index is 13.2. The highest BCUT2D eigenvalue weighted by molar-refractivity contribution is 5.21. The van der Waals surface area contributed by atoms with Gasteiger partial charge in [-0.05, 0) is 42.8 Å². The summed E-state index contributed by atoms with van der Waals surface area (Å²) in [6.07, 6.45) is 1.31. The summed E-state index contributed by atoms with van der Waals surface area (Å²) < 4.78 is 32.2. The minimum Gasteiger partial charge on any atom is -0.464 e. The minimum absolute atomic E-state index is 0.0819. The molecule has 1 atom stereocenters. The van der Waals surface area contributed by atoms with E-state index in [1.54, 1.807) is 0 Å². The van der Waals surface area contributed by atoms with Crippen molar-refractivity contribution in [3.05, 3.63) is 59.1 Å². The molecule has 0 aliphatic heterocycles. The van der Waals surface area contributed by atoms with Gasteiger partial charge in [-0.1, -0.05) is 13.8 Å². The Kier molecular flexibility index (Phi) is 4.90. The highest BCUT2D eigenvalue weighted by Gasteiger charge is 2.16. The lowest BCUT2D eigenvalue weighted by Gasteiger charge is -2.16. The summed E-state index contributed by atoms with van der Waals surface area (Å²) in [5.41, 5.74) is 0.614. The standard InChI is InChI=1S/C16H19F2NO/c1-3-14-5-6-16(20-14)15(19-4-2)9-11-7-12(17)10-13(18)8-11/h5-8,10,15,19H,3-4,9H2,1-2H3. The number of rotatable bonds is 6. The third-order valence-corrected chi connectivity index (χ3v) is 3.19. The number of aryl methyl sites for hydroxylation is 1. The first-order valence-corrected chi connectivity index (χ1v) is 6.89. The predicted octanol–water partition coefficient (Wildman–Crippen LogP) is 4.01. The lowest BCUT2D eigenvalue weighted by molar-refractivity contribution is 0.396. The van der Waals surface area contributed by atoms with E-state index < -0.39 is 11.6 Å². The topological polar surface area (TPSA) is 25.2 Å². The van der Waals surface area contributed by atoms with Crippen LogP contribution in [0.2, 0.25) is 0 Å². The van der Waals surface area contributed by atoms with Crippen LogP contribution in [-0.2, 0) is 12.8 Å². The van der Waals surface area contributed by atoms with Crippen LogP contribution >= 0.6 is 0 Å². The Labute approximate surface area is 117 Å². The second-order valence-corrected chi connectivity index (χ2v) is 4.75. The molecule has 0 radical (unpaired) electrons. The highest BCUT2D eigenvalue weighted by atomic mass is 19.1. The number of benzene rings is 1. The van der Waals surface area contributed by atoms with Crippen molar-refractivity contribution in [3.8, 4) is 0 Å². The van der Waals surface area contributed by atoms with Crippen LogP contribution in [0.4, 0.5) is 8.78 Å². The summed E-state index contributed by atoms with van der Waals surface area (Å²) in [7, 11) is 0. The van der Waals surface area contributed by atoms with E-state index >= 15 is 0 Å². The molecular weight excluding hydrogens is 260 g/mol. The number of nitrogens with one attached hydrogen (secondary N) is 1. The molecule has 0 amide bonds. The zero-order valence-corrected chi connectivity index (χ0v) is 11.7. The molecule has 1 unspecified atom stereocenters. The van der Waals surface area contributed by atoms with Crippen LogP contribution in [0, 0.1) is 11.6 Å². The van der Waals surface area contributed by atoms with Gasteiger partial charge < -0.3 is 9.73 Å². The molecule has 0 fully saturated rings. The molecule has 1 aromatic heterocycles. The van der Waals surface area contributed by atoms with Crippen LogP contribution < -0.4 is 5.32 Å². The molecule has 1 heterocycles. The molecule has 0 bridgehead atoms. The van der Waals surface area contributed by atoms with Gasteiger partial charge in [0.05, 0.1) is 6.04 Å². The SMILES string of the molecule is CCNC(Cc1cc(F)cc(F)c1)c1ccc(CC)o1. The molecule has 1 aromatic carbocycles. The van der Waals surface area contributed by atoms with E-state index in [2.05, 4.69) is 5.32 Å². The molecular formula is C16H19F2NO. The third kappa shape index (κ3) is 3.67. The molecule has 0 aliphatic rings. The molecule has 2 rings (SSSR count). The third-order valence-electron chi connectivity index (χ3n) is 3.19. The minimum atomic E-state index is -0.552. The average Bonchev–Trinajstić information content (AvgIpc) is 2.85. The Hall–Kier alpha value is -1.68. The van der Waals surface area contributed by atoms with Gasteiger partial charge >= 0.3 is 0 Å². The number of hydrogen-bond acceptors (Lipinski definition) is 2. The maximum Gasteiger partial charge on any atom is 0.126 e. The van der Waals surface area contributed by atoms with Crippen LogP contribution in [0.15, 0.2) is 34.7 Å². The smallest absolute Gasteiger partial charge is 0.126 e. The molecule has 1 N–H and O–H groups in total. The van der Waals surface area contributed by atoms with Crippen molar-refractivity contribution < 1.29 is 13.2 Å². The molecule has 4 heteroatoms. The Morgan fingerprint density at radius 1 is 1.10 bits per heavy atom. The van der Waals surface area contributed by atoms with E-state index in [0.717, 1.165) is 30.6 Å². The van der Waals surface area contributed by atoms with Gasteiger partial charge in [0.2, 0.25) is 0 Å². The average molecular weight is 279 g/mol. The van der Waals surface area contributed by atoms with Gasteiger partial charge in [0, 0.05) is 12.5 Å². The van der Waals surface area contributed by atoms with Crippen molar-refractivity contribution in [3.63, 3.8) is 0 Å². The Morgan fingerprint density at radius 2 is 1.80 bits per heavy atom. The van der Waals surface area contributed by atoms with Gasteiger partial charge in [-0.3, -0.25) is 0 Å². The number of furan rings is 1. The quantitative estimate of drug-likeness (QED) is 0.864. The summed E-state index contributed by atoms with van der Waals surface area (Å²) in [5.74, 6) is 0.606. The summed E-state index contributed by atoms with van der Waals surface area (Å²) in [6.45, 7) is 4.76. The molecule has 2 nitrogen and oxygen atoms in total. The number of halogens is 2. The first-order valence-electron chi connectivity index (χ1n) is 6.89.